The fourth-order valence-electron chi connectivity index (χ4n) is 2.60. The SMILES string of the molecule is O=C(NC(c1ccccc1)c1ccccc1)c1ccc([N+](=O)[O-])cc1. The normalized spacial score (nSPS) is 10.4. The Morgan fingerprint density at radius 1 is 0.800 bits per heavy atom. The third kappa shape index (κ3) is 3.90. The first kappa shape index (κ1) is 16.4. The number of non-ortho nitro benzene ring substituents is 1. The number of nitro benzene ring substituents is 1. The van der Waals surface area contributed by atoms with Crippen LogP contribution in [0, 0.1) is 10.1 Å². The van der Waals surface area contributed by atoms with Gasteiger partial charge in [-0.15, -0.1) is 0 Å². The molecule has 5 heteroatoms. The van der Waals surface area contributed by atoms with E-state index in [1.54, 1.807) is 0 Å². The molecule has 0 radical (unpaired) electrons. The first-order valence-corrected chi connectivity index (χ1v) is 7.80. The summed E-state index contributed by atoms with van der Waals surface area (Å²) in [7, 11) is 0. The van der Waals surface area contributed by atoms with E-state index in [-0.39, 0.29) is 17.6 Å². The molecule has 1 N–H and O–H groups in total. The lowest BCUT2D eigenvalue weighted by Crippen LogP contribution is -2.29. The molecule has 3 aromatic rings. The van der Waals surface area contributed by atoms with E-state index < -0.39 is 4.92 Å². The van der Waals surface area contributed by atoms with E-state index >= 15 is 0 Å². The average molecular weight is 332 g/mol. The monoisotopic (exact) mass is 332 g/mol. The predicted octanol–water partition coefficient (Wildman–Crippen LogP) is 4.11. The number of nitrogens with one attached hydrogen (secondary N) is 1. The van der Waals surface area contributed by atoms with Crippen LogP contribution in [0.1, 0.15) is 27.5 Å². The summed E-state index contributed by atoms with van der Waals surface area (Å²) in [5, 5.41) is 13.7. The number of rotatable bonds is 5. The molecule has 3 aromatic carbocycles. The van der Waals surface area contributed by atoms with Crippen LogP contribution in [0.25, 0.3) is 0 Å². The Bertz CT molecular complexity index is 823. The molecule has 3 rings (SSSR count). The Hall–Kier alpha value is -3.47. The zero-order valence-electron chi connectivity index (χ0n) is 13.3. The summed E-state index contributed by atoms with van der Waals surface area (Å²) in [5.41, 5.74) is 2.26. The Balaban J connectivity index is 1.87. The summed E-state index contributed by atoms with van der Waals surface area (Å²) in [4.78, 5) is 22.8. The average Bonchev–Trinajstić information content (AvgIpc) is 2.67. The second-order valence-electron chi connectivity index (χ2n) is 5.53. The Morgan fingerprint density at radius 2 is 1.28 bits per heavy atom. The lowest BCUT2D eigenvalue weighted by atomic mass is 9.98. The zero-order chi connectivity index (χ0) is 17.6. The molecule has 1 amide bonds. The lowest BCUT2D eigenvalue weighted by Gasteiger charge is -2.20. The topological polar surface area (TPSA) is 72.2 Å². The summed E-state index contributed by atoms with van der Waals surface area (Å²) in [5.74, 6) is -0.285. The van der Waals surface area contributed by atoms with Crippen molar-refractivity contribution in [1.29, 1.82) is 0 Å². The van der Waals surface area contributed by atoms with Gasteiger partial charge in [0.05, 0.1) is 11.0 Å². The Kier molecular flexibility index (Phi) is 4.85. The van der Waals surface area contributed by atoms with Gasteiger partial charge in [-0.25, -0.2) is 0 Å². The van der Waals surface area contributed by atoms with Gasteiger partial charge in [-0.05, 0) is 23.3 Å². The van der Waals surface area contributed by atoms with Crippen molar-refractivity contribution >= 4 is 11.6 Å². The van der Waals surface area contributed by atoms with Crippen LogP contribution >= 0.6 is 0 Å². The number of nitrogens with zero attached hydrogens (tertiary/aromatic N) is 1. The molecule has 0 unspecified atom stereocenters. The molecular formula is C20H16N2O3. The highest BCUT2D eigenvalue weighted by molar-refractivity contribution is 5.94. The first-order chi connectivity index (χ1) is 12.1. The van der Waals surface area contributed by atoms with Crippen molar-refractivity contribution in [2.75, 3.05) is 0 Å². The highest BCUT2D eigenvalue weighted by Crippen LogP contribution is 2.22. The number of carbonyl (C=O) groups is 1. The first-order valence-electron chi connectivity index (χ1n) is 7.80. The second-order valence-corrected chi connectivity index (χ2v) is 5.53. The van der Waals surface area contributed by atoms with E-state index in [2.05, 4.69) is 5.32 Å². The standard InChI is InChI=1S/C20H16N2O3/c23-20(17-11-13-18(14-12-17)22(24)25)21-19(15-7-3-1-4-8-15)16-9-5-2-6-10-16/h1-14,19H,(H,21,23). The summed E-state index contributed by atoms with van der Waals surface area (Å²) >= 11 is 0. The molecule has 0 aromatic heterocycles. The van der Waals surface area contributed by atoms with Crippen LogP contribution < -0.4 is 5.32 Å². The van der Waals surface area contributed by atoms with E-state index in [4.69, 9.17) is 0 Å². The molecular weight excluding hydrogens is 316 g/mol. The summed E-state index contributed by atoms with van der Waals surface area (Å²) in [6.07, 6.45) is 0. The molecule has 0 spiro atoms. The van der Waals surface area contributed by atoms with Gasteiger partial charge in [0, 0.05) is 17.7 Å². The molecule has 0 aliphatic carbocycles. The van der Waals surface area contributed by atoms with Gasteiger partial charge in [0.2, 0.25) is 0 Å². The van der Waals surface area contributed by atoms with Crippen molar-refractivity contribution in [1.82, 2.24) is 5.32 Å². The van der Waals surface area contributed by atoms with Crippen LogP contribution in [-0.4, -0.2) is 10.8 Å². The van der Waals surface area contributed by atoms with Gasteiger partial charge < -0.3 is 5.32 Å². The maximum absolute atomic E-state index is 12.6. The molecule has 0 bridgehead atoms. The Morgan fingerprint density at radius 3 is 1.72 bits per heavy atom. The maximum Gasteiger partial charge on any atom is 0.269 e. The van der Waals surface area contributed by atoms with Crippen molar-refractivity contribution in [3.8, 4) is 0 Å². The number of benzene rings is 3. The second kappa shape index (κ2) is 7.40. The molecule has 0 aliphatic rings. The van der Waals surface area contributed by atoms with Crippen molar-refractivity contribution in [2.45, 2.75) is 6.04 Å². The summed E-state index contributed by atoms with van der Waals surface area (Å²) < 4.78 is 0. The minimum Gasteiger partial charge on any atom is -0.341 e. The molecule has 0 saturated carbocycles. The van der Waals surface area contributed by atoms with Crippen LogP contribution in [0.4, 0.5) is 5.69 Å². The van der Waals surface area contributed by atoms with E-state index in [1.165, 1.54) is 24.3 Å². The number of amides is 1. The van der Waals surface area contributed by atoms with Crippen LogP contribution in [0.15, 0.2) is 84.9 Å². The van der Waals surface area contributed by atoms with E-state index in [9.17, 15) is 14.9 Å². The predicted molar refractivity (Wildman–Crippen MR) is 95.3 cm³/mol. The third-order valence-electron chi connectivity index (χ3n) is 3.88. The van der Waals surface area contributed by atoms with Crippen molar-refractivity contribution in [3.05, 3.63) is 112 Å². The van der Waals surface area contributed by atoms with Gasteiger partial charge in [-0.1, -0.05) is 60.7 Å². The number of carbonyl (C=O) groups excluding carboxylic acids is 1. The van der Waals surface area contributed by atoms with E-state index in [1.807, 2.05) is 60.7 Å². The summed E-state index contributed by atoms with van der Waals surface area (Å²) in [6, 6.07) is 24.6. The van der Waals surface area contributed by atoms with Gasteiger partial charge in [0.1, 0.15) is 0 Å². The molecule has 0 heterocycles. The number of nitro groups is 1. The number of hydrogen-bond donors (Lipinski definition) is 1. The molecule has 5 nitrogen and oxygen atoms in total. The van der Waals surface area contributed by atoms with Gasteiger partial charge in [-0.2, -0.15) is 0 Å². The zero-order valence-corrected chi connectivity index (χ0v) is 13.3. The van der Waals surface area contributed by atoms with Crippen molar-refractivity contribution < 1.29 is 9.72 Å². The van der Waals surface area contributed by atoms with Gasteiger partial charge in [0.15, 0.2) is 0 Å². The van der Waals surface area contributed by atoms with Crippen molar-refractivity contribution in [2.24, 2.45) is 0 Å². The van der Waals surface area contributed by atoms with Gasteiger partial charge in [0.25, 0.3) is 11.6 Å². The van der Waals surface area contributed by atoms with Crippen LogP contribution in [0.5, 0.6) is 0 Å². The molecule has 124 valence electrons. The molecule has 0 saturated heterocycles. The Labute approximate surface area is 145 Å². The fraction of sp³-hybridized carbons (Fsp3) is 0.0500. The molecule has 25 heavy (non-hydrogen) atoms. The quantitative estimate of drug-likeness (QED) is 0.564. The van der Waals surface area contributed by atoms with Gasteiger partial charge >= 0.3 is 0 Å². The minimum absolute atomic E-state index is 0.0424. The smallest absolute Gasteiger partial charge is 0.269 e. The largest absolute Gasteiger partial charge is 0.341 e. The molecule has 0 aliphatic heterocycles. The number of hydrogen-bond acceptors (Lipinski definition) is 3. The molecule has 0 fully saturated rings. The van der Waals surface area contributed by atoms with Crippen LogP contribution in [0.2, 0.25) is 0 Å². The highest BCUT2D eigenvalue weighted by Gasteiger charge is 2.18. The summed E-state index contributed by atoms with van der Waals surface area (Å²) in [6.45, 7) is 0. The molecule has 0 atom stereocenters. The lowest BCUT2D eigenvalue weighted by molar-refractivity contribution is -0.384. The third-order valence-corrected chi connectivity index (χ3v) is 3.88. The van der Waals surface area contributed by atoms with Crippen LogP contribution in [0.3, 0.4) is 0 Å². The maximum atomic E-state index is 12.6. The van der Waals surface area contributed by atoms with E-state index in [0.29, 0.717) is 5.56 Å². The fourth-order valence-corrected chi connectivity index (χ4v) is 2.60. The van der Waals surface area contributed by atoms with E-state index in [0.717, 1.165) is 11.1 Å². The van der Waals surface area contributed by atoms with Crippen molar-refractivity contribution in [3.63, 3.8) is 0 Å². The van der Waals surface area contributed by atoms with Gasteiger partial charge in [-0.3, -0.25) is 14.9 Å². The highest BCUT2D eigenvalue weighted by atomic mass is 16.6. The minimum atomic E-state index is -0.488. The van der Waals surface area contributed by atoms with Crippen LogP contribution in [-0.2, 0) is 0 Å².